The number of likely N-dealkylation sites (tertiary alicyclic amines) is 1. The number of aliphatic hydroxyl groups is 1. The SMILES string of the molecule is CC(NCc1ccc(Cl)cc1Oc1ccc(-c2cnc(CN(C)C)n2C)cc1)C(=O)NC(CO)C(=O)N(C)[C@@]1(Cc2ccc(Cl)cc2)CCCN(C(=O)C(CC(=O)O)Cc2cccc[n+]2[O-])C1. The number of nitrogens with one attached hydrogen (secondary N) is 2. The lowest BCUT2D eigenvalue weighted by atomic mass is 9.80. The fraction of sp³-hybridized carbons (Fsp3) is 0.388. The van der Waals surface area contributed by atoms with Crippen LogP contribution in [0.15, 0.2) is 97.3 Å². The van der Waals surface area contributed by atoms with E-state index in [4.69, 9.17) is 27.9 Å². The van der Waals surface area contributed by atoms with Crippen molar-refractivity contribution >= 4 is 46.9 Å². The lowest BCUT2D eigenvalue weighted by Gasteiger charge is -2.49. The number of ether oxygens (including phenoxy) is 1. The summed E-state index contributed by atoms with van der Waals surface area (Å²) in [5.41, 5.74) is 2.68. The predicted octanol–water partition coefficient (Wildman–Crippen LogP) is 5.23. The Bertz CT molecular complexity index is 2520. The highest BCUT2D eigenvalue weighted by Crippen LogP contribution is 2.34. The maximum absolute atomic E-state index is 14.5. The maximum atomic E-state index is 14.5. The summed E-state index contributed by atoms with van der Waals surface area (Å²) in [6, 6.07) is 22.5. The van der Waals surface area contributed by atoms with E-state index in [1.807, 2.05) is 63.7 Å². The number of aromatic nitrogens is 3. The second-order valence-corrected chi connectivity index (χ2v) is 18.3. The summed E-state index contributed by atoms with van der Waals surface area (Å²) in [6.45, 7) is 2.16. The minimum absolute atomic E-state index is 0.0287. The number of benzene rings is 3. The molecule has 1 saturated heterocycles. The molecule has 3 aromatic carbocycles. The van der Waals surface area contributed by atoms with Crippen LogP contribution >= 0.6 is 23.2 Å². The summed E-state index contributed by atoms with van der Waals surface area (Å²) < 4.78 is 8.97. The number of amides is 3. The molecule has 4 N–H and O–H groups in total. The van der Waals surface area contributed by atoms with E-state index in [9.17, 15) is 34.6 Å². The second kappa shape index (κ2) is 22.6. The summed E-state index contributed by atoms with van der Waals surface area (Å²) in [4.78, 5) is 64.1. The number of carboxylic acid groups (broad SMARTS) is 1. The van der Waals surface area contributed by atoms with E-state index in [0.717, 1.165) is 22.6 Å². The molecule has 67 heavy (non-hydrogen) atoms. The van der Waals surface area contributed by atoms with Gasteiger partial charge in [0.2, 0.25) is 17.7 Å². The standard InChI is InChI=1S/C49H58Cl2N8O8/c1-32(52-27-35-12-17-38(51)25-43(35)67-40-18-13-34(14-19-40)42-28-53-44(56(42)4)29-55(2)3)46(63)54-41(30-60)48(65)57(5)49(26-33-10-15-37(50)16-11-33)20-8-21-58(31-49)47(64)36(24-45(61)62)23-39-9-6-7-22-59(39)66/h6-7,9-19,22,25,28,32,36,41,52,60H,8,20-21,23-24,26-27,29-31H2,1-5H3,(H,54,63)(H,61,62)/t32?,36?,41?,49-/m1/s1. The third kappa shape index (κ3) is 12.9. The third-order valence-corrected chi connectivity index (χ3v) is 12.7. The normalized spacial score (nSPS) is 16.3. The van der Waals surface area contributed by atoms with Crippen LogP contribution in [0.2, 0.25) is 10.0 Å². The summed E-state index contributed by atoms with van der Waals surface area (Å²) in [6.07, 6.45) is 3.74. The van der Waals surface area contributed by atoms with Crippen molar-refractivity contribution in [3.63, 3.8) is 0 Å². The van der Waals surface area contributed by atoms with Crippen LogP contribution in [0, 0.1) is 11.1 Å². The van der Waals surface area contributed by atoms with Gasteiger partial charge in [-0.2, -0.15) is 4.73 Å². The fourth-order valence-corrected chi connectivity index (χ4v) is 8.74. The highest BCUT2D eigenvalue weighted by atomic mass is 35.5. The molecule has 0 bridgehead atoms. The number of carbonyl (C=O) groups excluding carboxylic acids is 3. The zero-order chi connectivity index (χ0) is 48.4. The first-order valence-corrected chi connectivity index (χ1v) is 22.8. The van der Waals surface area contributed by atoms with E-state index in [2.05, 4.69) is 25.1 Å². The molecule has 4 atom stereocenters. The van der Waals surface area contributed by atoms with Gasteiger partial charge in [0.25, 0.3) is 0 Å². The Morgan fingerprint density at radius 1 is 1.00 bits per heavy atom. The first-order chi connectivity index (χ1) is 32.0. The van der Waals surface area contributed by atoms with Gasteiger partial charge < -0.3 is 50.1 Å². The van der Waals surface area contributed by atoms with Gasteiger partial charge in [-0.25, -0.2) is 4.98 Å². The molecule has 6 rings (SSSR count). The molecule has 1 aliphatic heterocycles. The largest absolute Gasteiger partial charge is 0.619 e. The quantitative estimate of drug-likeness (QED) is 0.0589. The number of aliphatic carboxylic acids is 1. The van der Waals surface area contributed by atoms with Crippen molar-refractivity contribution in [1.82, 2.24) is 34.9 Å². The summed E-state index contributed by atoms with van der Waals surface area (Å²) in [5.74, 6) is -1.82. The first-order valence-electron chi connectivity index (χ1n) is 22.0. The van der Waals surface area contributed by atoms with Crippen LogP contribution in [0.1, 0.15) is 48.8 Å². The van der Waals surface area contributed by atoms with E-state index in [0.29, 0.717) is 57.8 Å². The van der Waals surface area contributed by atoms with Crippen molar-refractivity contribution in [2.75, 3.05) is 40.8 Å². The molecule has 3 heterocycles. The van der Waals surface area contributed by atoms with Crippen LogP contribution < -0.4 is 20.1 Å². The monoisotopic (exact) mass is 956 g/mol. The number of likely N-dealkylation sites (N-methyl/N-ethyl adjacent to an activating group) is 1. The molecular weight excluding hydrogens is 899 g/mol. The van der Waals surface area contributed by atoms with Crippen molar-refractivity contribution < 1.29 is 38.9 Å². The average molecular weight is 958 g/mol. The molecule has 1 aliphatic rings. The molecule has 16 nitrogen and oxygen atoms in total. The number of aliphatic hydroxyl groups excluding tert-OH is 1. The highest BCUT2D eigenvalue weighted by molar-refractivity contribution is 6.31. The Hall–Kier alpha value is -6.04. The molecule has 1 fully saturated rings. The van der Waals surface area contributed by atoms with Gasteiger partial charge in [-0.3, -0.25) is 19.2 Å². The van der Waals surface area contributed by atoms with Crippen molar-refractivity contribution in [2.24, 2.45) is 13.0 Å². The van der Waals surface area contributed by atoms with Gasteiger partial charge in [-0.1, -0.05) is 47.5 Å². The number of carboxylic acids is 1. The van der Waals surface area contributed by atoms with Gasteiger partial charge in [-0.15, -0.1) is 0 Å². The van der Waals surface area contributed by atoms with E-state index in [1.165, 1.54) is 11.1 Å². The van der Waals surface area contributed by atoms with E-state index < -0.39 is 60.3 Å². The van der Waals surface area contributed by atoms with Crippen molar-refractivity contribution in [3.8, 4) is 22.8 Å². The Balaban J connectivity index is 1.14. The Morgan fingerprint density at radius 2 is 1.72 bits per heavy atom. The van der Waals surface area contributed by atoms with Crippen LogP contribution in [0.25, 0.3) is 11.3 Å². The molecule has 3 unspecified atom stereocenters. The van der Waals surface area contributed by atoms with E-state index in [-0.39, 0.29) is 31.6 Å². The number of nitrogens with zero attached hydrogens (tertiary/aromatic N) is 6. The smallest absolute Gasteiger partial charge is 0.304 e. The van der Waals surface area contributed by atoms with Crippen LogP contribution in [0.4, 0.5) is 0 Å². The van der Waals surface area contributed by atoms with Crippen LogP contribution in [0.5, 0.6) is 11.5 Å². The second-order valence-electron chi connectivity index (χ2n) is 17.4. The number of imidazole rings is 1. The number of halogens is 2. The number of pyridine rings is 1. The van der Waals surface area contributed by atoms with E-state index >= 15 is 0 Å². The van der Waals surface area contributed by atoms with Gasteiger partial charge in [0.05, 0.1) is 49.0 Å². The highest BCUT2D eigenvalue weighted by Gasteiger charge is 2.45. The Morgan fingerprint density at radius 3 is 2.39 bits per heavy atom. The topological polar surface area (TPSA) is 197 Å². The summed E-state index contributed by atoms with van der Waals surface area (Å²) in [5, 5.41) is 39.8. The minimum Gasteiger partial charge on any atom is -0.619 e. The van der Waals surface area contributed by atoms with Crippen molar-refractivity contribution in [2.45, 2.75) is 69.7 Å². The number of carbonyl (C=O) groups is 4. The molecule has 0 saturated carbocycles. The van der Waals surface area contributed by atoms with Crippen LogP contribution in [0.3, 0.4) is 0 Å². The Kier molecular flexibility index (Phi) is 17.0. The molecular formula is C49H58Cl2N8O8. The number of hydrogen-bond donors (Lipinski definition) is 4. The molecule has 0 radical (unpaired) electrons. The lowest BCUT2D eigenvalue weighted by molar-refractivity contribution is -0.614. The minimum atomic E-state index is -1.34. The zero-order valence-electron chi connectivity index (χ0n) is 38.3. The first kappa shape index (κ1) is 50.4. The molecule has 5 aromatic rings. The number of hydrogen-bond acceptors (Lipinski definition) is 10. The van der Waals surface area contributed by atoms with Crippen LogP contribution in [-0.4, -0.2) is 117 Å². The summed E-state index contributed by atoms with van der Waals surface area (Å²) in [7, 11) is 7.56. The van der Waals surface area contributed by atoms with Crippen molar-refractivity contribution in [3.05, 3.63) is 135 Å². The number of rotatable bonds is 20. The Labute approximate surface area is 400 Å². The van der Waals surface area contributed by atoms with E-state index in [1.54, 1.807) is 67.4 Å². The fourth-order valence-electron chi connectivity index (χ4n) is 8.45. The van der Waals surface area contributed by atoms with Gasteiger partial charge in [-0.05, 0) is 94.4 Å². The van der Waals surface area contributed by atoms with Gasteiger partial charge in [0.1, 0.15) is 23.4 Å². The number of piperidine rings is 1. The molecule has 356 valence electrons. The van der Waals surface area contributed by atoms with Gasteiger partial charge in [0.15, 0.2) is 11.9 Å². The zero-order valence-corrected chi connectivity index (χ0v) is 39.8. The molecule has 18 heteroatoms. The molecule has 0 spiro atoms. The maximum Gasteiger partial charge on any atom is 0.304 e. The van der Waals surface area contributed by atoms with Gasteiger partial charge >= 0.3 is 5.97 Å². The van der Waals surface area contributed by atoms with Crippen molar-refractivity contribution in [1.29, 1.82) is 0 Å². The molecule has 0 aliphatic carbocycles. The lowest BCUT2D eigenvalue weighted by Crippen LogP contribution is -2.65. The summed E-state index contributed by atoms with van der Waals surface area (Å²) >= 11 is 12.6. The average Bonchev–Trinajstić information content (AvgIpc) is 3.66. The molecule has 2 aromatic heterocycles. The van der Waals surface area contributed by atoms with Crippen LogP contribution in [-0.2, 0) is 52.2 Å². The molecule has 3 amide bonds. The van der Waals surface area contributed by atoms with Gasteiger partial charge in [0, 0.05) is 73.5 Å². The third-order valence-electron chi connectivity index (χ3n) is 12.2. The predicted molar refractivity (Wildman–Crippen MR) is 254 cm³/mol.